The molecule has 2 nitrogen and oxygen atoms in total. The molecule has 50 heavy (non-hydrogen) atoms. The summed E-state index contributed by atoms with van der Waals surface area (Å²) in [6.45, 7) is 0. The van der Waals surface area contributed by atoms with Crippen LogP contribution in [0.2, 0.25) is 0 Å². The van der Waals surface area contributed by atoms with E-state index >= 15 is 0 Å². The van der Waals surface area contributed by atoms with Crippen molar-refractivity contribution >= 4 is 49.9 Å². The molecule has 0 radical (unpaired) electrons. The molecule has 9 aromatic rings. The number of anilines is 3. The van der Waals surface area contributed by atoms with Crippen molar-refractivity contribution in [3.8, 4) is 54.5 Å². The molecule has 0 N–H and O–H groups in total. The average molecular weight is 655 g/mol. The number of rotatable bonds is 6. The molecule has 0 bridgehead atoms. The van der Waals surface area contributed by atoms with Gasteiger partial charge < -0.3 is 4.90 Å². The summed E-state index contributed by atoms with van der Waals surface area (Å²) < 4.78 is 0. The van der Waals surface area contributed by atoms with Crippen molar-refractivity contribution in [1.29, 1.82) is 0 Å². The van der Waals surface area contributed by atoms with E-state index in [0.29, 0.717) is 0 Å². The van der Waals surface area contributed by atoms with Crippen LogP contribution in [0, 0.1) is 0 Å². The van der Waals surface area contributed by atoms with E-state index < -0.39 is 0 Å². The number of nitrogens with zero attached hydrogens (tertiary/aromatic N) is 2. The number of hydrogen-bond donors (Lipinski definition) is 0. The summed E-state index contributed by atoms with van der Waals surface area (Å²) >= 11 is 1.79. The second-order valence-corrected chi connectivity index (χ2v) is 13.7. The van der Waals surface area contributed by atoms with Gasteiger partial charge in [-0.05, 0) is 57.3 Å². The van der Waals surface area contributed by atoms with Crippen LogP contribution in [0.4, 0.5) is 17.1 Å². The fourth-order valence-electron chi connectivity index (χ4n) is 7.53. The molecule has 0 unspecified atom stereocenters. The van der Waals surface area contributed by atoms with Gasteiger partial charge >= 0.3 is 0 Å². The smallest absolute Gasteiger partial charge is 0.124 e. The molecule has 0 saturated carbocycles. The van der Waals surface area contributed by atoms with Crippen molar-refractivity contribution in [1.82, 2.24) is 4.98 Å². The lowest BCUT2D eigenvalue weighted by molar-refractivity contribution is 1.30. The molecule has 0 aliphatic heterocycles. The van der Waals surface area contributed by atoms with Crippen LogP contribution < -0.4 is 4.90 Å². The number of fused-ring (bicyclic) bond motifs is 5. The lowest BCUT2D eigenvalue weighted by atomic mass is 9.93. The predicted molar refractivity (Wildman–Crippen MR) is 213 cm³/mol. The first kappa shape index (κ1) is 28.7. The van der Waals surface area contributed by atoms with Crippen molar-refractivity contribution < 1.29 is 0 Å². The Labute approximate surface area is 295 Å². The van der Waals surface area contributed by atoms with Crippen LogP contribution in [0.3, 0.4) is 0 Å². The van der Waals surface area contributed by atoms with E-state index in [1.807, 2.05) is 0 Å². The van der Waals surface area contributed by atoms with Gasteiger partial charge in [-0.1, -0.05) is 158 Å². The molecule has 3 heteroatoms. The van der Waals surface area contributed by atoms with E-state index in [4.69, 9.17) is 4.98 Å². The molecule has 1 aliphatic rings. The van der Waals surface area contributed by atoms with Crippen molar-refractivity contribution in [3.63, 3.8) is 0 Å². The van der Waals surface area contributed by atoms with Crippen LogP contribution in [-0.4, -0.2) is 4.98 Å². The Bertz CT molecular complexity index is 2580. The van der Waals surface area contributed by atoms with Crippen LogP contribution in [0.5, 0.6) is 0 Å². The minimum absolute atomic E-state index is 1.04. The third-order valence-corrected chi connectivity index (χ3v) is 11.0. The number of benzene rings is 8. The second kappa shape index (κ2) is 11.7. The molecule has 0 spiro atoms. The monoisotopic (exact) mass is 654 g/mol. The maximum absolute atomic E-state index is 5.44. The van der Waals surface area contributed by atoms with Gasteiger partial charge in [0.1, 0.15) is 5.01 Å². The predicted octanol–water partition coefficient (Wildman–Crippen LogP) is 13.6. The normalized spacial score (nSPS) is 11.6. The zero-order valence-electron chi connectivity index (χ0n) is 27.1. The highest BCUT2D eigenvalue weighted by Gasteiger charge is 2.33. The van der Waals surface area contributed by atoms with Gasteiger partial charge in [0.05, 0.1) is 16.3 Å². The SMILES string of the molecule is c1ccc(-c2ccc(N(c3ccc(-c4ccccc4)cc3)c3c4c5c(cccc5c5ccccc35)-c3sc(-c5ccccc5)nc3-4)cc2)cc1. The first-order chi connectivity index (χ1) is 24.8. The van der Waals surface area contributed by atoms with Crippen LogP contribution in [0.1, 0.15) is 0 Å². The second-order valence-electron chi connectivity index (χ2n) is 12.7. The lowest BCUT2D eigenvalue weighted by Crippen LogP contribution is -2.12. The summed E-state index contributed by atoms with van der Waals surface area (Å²) in [4.78, 5) is 9.13. The minimum atomic E-state index is 1.04. The molecule has 234 valence electrons. The van der Waals surface area contributed by atoms with Crippen molar-refractivity contribution in [2.75, 3.05) is 4.90 Å². The summed E-state index contributed by atoms with van der Waals surface area (Å²) in [5.74, 6) is 0. The molecule has 10 rings (SSSR count). The highest BCUT2D eigenvalue weighted by molar-refractivity contribution is 7.19. The van der Waals surface area contributed by atoms with Gasteiger partial charge in [-0.15, -0.1) is 11.3 Å². The van der Waals surface area contributed by atoms with Gasteiger partial charge in [0.15, 0.2) is 0 Å². The lowest BCUT2D eigenvalue weighted by Gasteiger charge is -2.30. The van der Waals surface area contributed by atoms with Crippen LogP contribution in [0.25, 0.3) is 76.1 Å². The fraction of sp³-hybridized carbons (Fsp3) is 0. The summed E-state index contributed by atoms with van der Waals surface area (Å²) in [5.41, 5.74) is 12.8. The molecule has 0 atom stereocenters. The zero-order chi connectivity index (χ0) is 33.0. The largest absolute Gasteiger partial charge is 0.309 e. The Morgan fingerprint density at radius 1 is 0.400 bits per heavy atom. The standard InChI is InChI=1S/C47H30N2S/c1-4-13-31(14-5-1)33-23-27-36(28-24-33)49(37-29-25-34(26-30-37)32-15-6-2-7-16-32)45-40-20-11-10-19-38(40)39-21-12-22-41-42(39)43(45)44-46(41)50-47(48-44)35-17-8-3-9-18-35/h1-30H. The van der Waals surface area contributed by atoms with Gasteiger partial charge in [-0.2, -0.15) is 0 Å². The van der Waals surface area contributed by atoms with Crippen LogP contribution >= 0.6 is 11.3 Å². The highest BCUT2D eigenvalue weighted by Crippen LogP contribution is 2.58. The van der Waals surface area contributed by atoms with Gasteiger partial charge in [-0.3, -0.25) is 0 Å². The third kappa shape index (κ3) is 4.59. The summed E-state index contributed by atoms with van der Waals surface area (Å²) in [6, 6.07) is 65.4. The highest BCUT2D eigenvalue weighted by atomic mass is 32.1. The quantitative estimate of drug-likeness (QED) is 0.166. The number of hydrogen-bond acceptors (Lipinski definition) is 3. The third-order valence-electron chi connectivity index (χ3n) is 9.84. The van der Waals surface area contributed by atoms with E-state index in [0.717, 1.165) is 33.3 Å². The molecule has 1 aromatic heterocycles. The van der Waals surface area contributed by atoms with Crippen LogP contribution in [-0.2, 0) is 0 Å². The zero-order valence-corrected chi connectivity index (χ0v) is 27.9. The van der Waals surface area contributed by atoms with E-state index in [1.165, 1.54) is 59.8 Å². The first-order valence-electron chi connectivity index (χ1n) is 17.0. The van der Waals surface area contributed by atoms with E-state index in [-0.39, 0.29) is 0 Å². The van der Waals surface area contributed by atoms with Crippen molar-refractivity contribution in [2.45, 2.75) is 0 Å². The molecule has 0 fully saturated rings. The Hall–Kier alpha value is -6.29. The molecule has 1 heterocycles. The minimum Gasteiger partial charge on any atom is -0.309 e. The Kier molecular flexibility index (Phi) is 6.71. The van der Waals surface area contributed by atoms with Gasteiger partial charge in [0.25, 0.3) is 0 Å². The maximum Gasteiger partial charge on any atom is 0.124 e. The van der Waals surface area contributed by atoms with E-state index in [2.05, 4.69) is 187 Å². The summed E-state index contributed by atoms with van der Waals surface area (Å²) in [6.07, 6.45) is 0. The number of aromatic nitrogens is 1. The van der Waals surface area contributed by atoms with Crippen molar-refractivity contribution in [3.05, 3.63) is 182 Å². The van der Waals surface area contributed by atoms with Gasteiger partial charge in [0.2, 0.25) is 0 Å². The van der Waals surface area contributed by atoms with Gasteiger partial charge in [0, 0.05) is 38.8 Å². The Morgan fingerprint density at radius 2 is 0.880 bits per heavy atom. The molecular formula is C47H30N2S. The Morgan fingerprint density at radius 3 is 1.46 bits per heavy atom. The van der Waals surface area contributed by atoms with Crippen LogP contribution in [0.15, 0.2) is 182 Å². The first-order valence-corrected chi connectivity index (χ1v) is 17.8. The molecule has 0 amide bonds. The summed E-state index contributed by atoms with van der Waals surface area (Å²) in [5, 5.41) is 6.04. The van der Waals surface area contributed by atoms with Crippen molar-refractivity contribution in [2.24, 2.45) is 0 Å². The molecular weight excluding hydrogens is 625 g/mol. The maximum atomic E-state index is 5.44. The number of thiazole rings is 1. The molecule has 0 saturated heterocycles. The fourth-order valence-corrected chi connectivity index (χ4v) is 8.64. The molecule has 8 aromatic carbocycles. The van der Waals surface area contributed by atoms with E-state index in [1.54, 1.807) is 11.3 Å². The van der Waals surface area contributed by atoms with E-state index in [9.17, 15) is 0 Å². The average Bonchev–Trinajstić information content (AvgIpc) is 3.77. The van der Waals surface area contributed by atoms with Gasteiger partial charge in [-0.25, -0.2) is 4.98 Å². The Balaban J connectivity index is 1.25. The topological polar surface area (TPSA) is 16.1 Å². The summed E-state index contributed by atoms with van der Waals surface area (Å²) in [7, 11) is 0. The molecule has 1 aliphatic carbocycles.